The van der Waals surface area contributed by atoms with Crippen LogP contribution in [-0.4, -0.2) is 217 Å². The van der Waals surface area contributed by atoms with E-state index in [2.05, 4.69) is 93.7 Å². The van der Waals surface area contributed by atoms with E-state index in [-0.39, 0.29) is 56.1 Å². The van der Waals surface area contributed by atoms with Crippen LogP contribution in [0, 0.1) is 5.92 Å². The number of phenols is 1. The highest BCUT2D eigenvalue weighted by Crippen LogP contribution is 2.25. The molecular formula is C71H96N18O18S2. The van der Waals surface area contributed by atoms with Crippen LogP contribution in [0.1, 0.15) is 102 Å². The van der Waals surface area contributed by atoms with Gasteiger partial charge in [-0.15, -0.1) is 0 Å². The van der Waals surface area contributed by atoms with Gasteiger partial charge in [-0.1, -0.05) is 62.4 Å². The molecule has 1 fully saturated rings. The second-order valence-electron chi connectivity index (χ2n) is 26.9. The number of primary amides is 4. The number of carbonyl (C=O) groups is 16. The van der Waals surface area contributed by atoms with E-state index < -0.39 is 211 Å². The fourth-order valence-electron chi connectivity index (χ4n) is 12.1. The molecule has 5 aromatic rings. The van der Waals surface area contributed by atoms with Crippen LogP contribution < -0.4 is 81.4 Å². The van der Waals surface area contributed by atoms with Crippen LogP contribution in [0.25, 0.3) is 21.8 Å². The molecule has 36 nitrogen and oxygen atoms in total. The molecule has 1 aliphatic rings. The molecule has 3 aromatic carbocycles. The summed E-state index contributed by atoms with van der Waals surface area (Å²) in [5.74, 6) is -16.0. The molecule has 12 atom stereocenters. The Morgan fingerprint density at radius 2 is 0.927 bits per heavy atom. The monoisotopic (exact) mass is 1550 g/mol. The van der Waals surface area contributed by atoms with Crippen molar-refractivity contribution in [3.8, 4) is 5.75 Å². The van der Waals surface area contributed by atoms with Gasteiger partial charge in [0.1, 0.15) is 72.2 Å². The summed E-state index contributed by atoms with van der Waals surface area (Å²) in [4.78, 5) is 225. The normalized spacial score (nSPS) is 15.6. The van der Waals surface area contributed by atoms with Crippen LogP contribution in [0.2, 0.25) is 0 Å². The van der Waals surface area contributed by atoms with E-state index in [1.54, 1.807) is 60.9 Å². The third-order valence-electron chi connectivity index (χ3n) is 17.8. The van der Waals surface area contributed by atoms with Crippen LogP contribution in [0.5, 0.6) is 5.75 Å². The summed E-state index contributed by atoms with van der Waals surface area (Å²) < 4.78 is 0. The Morgan fingerprint density at radius 1 is 0.486 bits per heavy atom. The predicted molar refractivity (Wildman–Crippen MR) is 402 cm³/mol. The zero-order valence-electron chi connectivity index (χ0n) is 60.5. The van der Waals surface area contributed by atoms with Crippen LogP contribution in [0.15, 0.2) is 85.2 Å². The number of para-hydroxylation sites is 2. The minimum atomic E-state index is -1.90. The van der Waals surface area contributed by atoms with Crippen molar-refractivity contribution in [2.75, 3.05) is 24.6 Å². The lowest BCUT2D eigenvalue weighted by Gasteiger charge is -2.31. The zero-order valence-corrected chi connectivity index (χ0v) is 62.3. The van der Waals surface area contributed by atoms with E-state index in [0.717, 1.165) is 13.8 Å². The number of likely N-dealkylation sites (tertiary alicyclic amines) is 1. The lowest BCUT2D eigenvalue weighted by Crippen LogP contribution is -2.62. The summed E-state index contributed by atoms with van der Waals surface area (Å²) in [6.07, 6.45) is -1.33. The molecule has 2 aromatic heterocycles. The molecule has 0 bridgehead atoms. The molecule has 0 aliphatic carbocycles. The van der Waals surface area contributed by atoms with Gasteiger partial charge in [0.2, 0.25) is 94.5 Å². The van der Waals surface area contributed by atoms with Gasteiger partial charge in [0, 0.05) is 91.3 Å². The Morgan fingerprint density at radius 3 is 1.39 bits per heavy atom. The van der Waals surface area contributed by atoms with Crippen molar-refractivity contribution in [2.24, 2.45) is 28.9 Å². The molecule has 16 amide bonds. The highest BCUT2D eigenvalue weighted by atomic mass is 32.1. The van der Waals surface area contributed by atoms with Crippen LogP contribution in [0.3, 0.4) is 0 Å². The number of nitrogens with one attached hydrogen (secondary N) is 13. The number of benzene rings is 3. The van der Waals surface area contributed by atoms with Gasteiger partial charge in [-0.3, -0.25) is 76.7 Å². The number of amides is 16. The number of rotatable bonds is 43. The van der Waals surface area contributed by atoms with Crippen LogP contribution >= 0.6 is 25.3 Å². The second kappa shape index (κ2) is 41.7. The standard InChI is InChI=1S/C71H96N18O18S2/c1-35(2)15-20-48(71(107)89-25-9-14-55(89)69(105)85-52(29-58(74)95)61(97)78-32-59(75)96)82-66(102)50(27-39-30-76-44-12-7-5-10-42(39)44)84-64(100)49(26-38-16-18-41(92)19-17-38)83-68(104)54(34-109)87-62(98)46(21-23-56(72)93)80-65(101)51(28-40-31-77-45-13-8-6-11-43(40)45)86-70(106)60(36(3)90)88-63(99)47(22-24-57(73)94)81-67(103)53(33-108)79-37(4)91/h5-8,10-13,16-19,30-31,35-36,46-55,60,76-77,90,92,108-109H,9,14-15,20-29,32-34H2,1-4H3,(H2,72,93)(H2,73,94)(H2,74,95)(H2,75,96)(H,78,97)(H,79,91)(H,80,101)(H,81,103)(H,82,102)(H,83,104)(H,84,100)(H,85,105)(H,86,106)(H,87,98)(H,88,99)/t36-,46+,47+,48+,49+,50+,51+,52+,53+,54+,55+,60+/m1/s1. The molecule has 3 heterocycles. The number of thiol groups is 2. The smallest absolute Gasteiger partial charge is 0.245 e. The third-order valence-corrected chi connectivity index (χ3v) is 18.5. The molecule has 6 rings (SSSR count). The topological polar surface area (TPSA) is 585 Å². The minimum Gasteiger partial charge on any atom is -0.508 e. The summed E-state index contributed by atoms with van der Waals surface area (Å²) in [7, 11) is 0. The zero-order chi connectivity index (χ0) is 80.3. The molecule has 0 spiro atoms. The summed E-state index contributed by atoms with van der Waals surface area (Å²) in [5.41, 5.74) is 24.1. The summed E-state index contributed by atoms with van der Waals surface area (Å²) in [6.45, 7) is 5.41. The lowest BCUT2D eigenvalue weighted by atomic mass is 9.99. The van der Waals surface area contributed by atoms with E-state index in [4.69, 9.17) is 22.9 Å². The van der Waals surface area contributed by atoms with Gasteiger partial charge in [0.15, 0.2) is 0 Å². The van der Waals surface area contributed by atoms with E-state index in [9.17, 15) is 77.3 Å². The number of aliphatic hydroxyl groups is 1. The van der Waals surface area contributed by atoms with Crippen LogP contribution in [0.4, 0.5) is 0 Å². The van der Waals surface area contributed by atoms with Gasteiger partial charge in [0.05, 0.1) is 19.1 Å². The number of nitrogens with two attached hydrogens (primary N) is 4. The average molecular weight is 1550 g/mol. The van der Waals surface area contributed by atoms with E-state index in [1.807, 2.05) is 13.8 Å². The molecule has 590 valence electrons. The highest BCUT2D eigenvalue weighted by Gasteiger charge is 2.42. The first-order valence-corrected chi connectivity index (χ1v) is 36.4. The molecule has 109 heavy (non-hydrogen) atoms. The maximum atomic E-state index is 15.2. The lowest BCUT2D eigenvalue weighted by molar-refractivity contribution is -0.143. The summed E-state index contributed by atoms with van der Waals surface area (Å²) in [5, 5.41) is 50.1. The molecule has 0 radical (unpaired) electrons. The van der Waals surface area contributed by atoms with E-state index >= 15 is 9.59 Å². The van der Waals surface area contributed by atoms with Crippen molar-refractivity contribution in [2.45, 2.75) is 177 Å². The van der Waals surface area contributed by atoms with Crippen molar-refractivity contribution in [3.05, 3.63) is 102 Å². The average Bonchev–Trinajstić information content (AvgIpc) is 1.71. The van der Waals surface area contributed by atoms with Gasteiger partial charge in [-0.25, -0.2) is 0 Å². The van der Waals surface area contributed by atoms with Crippen molar-refractivity contribution in [1.82, 2.24) is 73.4 Å². The molecule has 0 unspecified atom stereocenters. The number of aromatic amines is 2. The quantitative estimate of drug-likeness (QED) is 0.0165. The van der Waals surface area contributed by atoms with E-state index in [1.165, 1.54) is 29.2 Å². The first-order chi connectivity index (χ1) is 51.7. The number of hydrogen-bond acceptors (Lipinski definition) is 20. The number of aromatic nitrogens is 2. The Balaban J connectivity index is 1.28. The van der Waals surface area contributed by atoms with E-state index in [0.29, 0.717) is 51.3 Å². The Hall–Kier alpha value is -11.3. The molecule has 1 aliphatic heterocycles. The number of phenolic OH excluding ortho intramolecular Hbond substituents is 1. The van der Waals surface area contributed by atoms with Gasteiger partial charge in [0.25, 0.3) is 0 Å². The second-order valence-corrected chi connectivity index (χ2v) is 27.6. The maximum Gasteiger partial charge on any atom is 0.245 e. The summed E-state index contributed by atoms with van der Waals surface area (Å²) in [6, 6.07) is 2.26. The number of fused-ring (bicyclic) bond motifs is 2. The fourth-order valence-corrected chi connectivity index (χ4v) is 12.6. The summed E-state index contributed by atoms with van der Waals surface area (Å²) >= 11 is 8.47. The van der Waals surface area contributed by atoms with Crippen molar-refractivity contribution >= 4 is 142 Å². The number of carbonyl (C=O) groups excluding carboxylic acids is 16. The number of hydrogen-bond donors (Lipinski definition) is 21. The Kier molecular flexibility index (Phi) is 33.2. The van der Waals surface area contributed by atoms with Gasteiger partial charge >= 0.3 is 0 Å². The number of aliphatic hydroxyl groups excluding tert-OH is 1. The predicted octanol–water partition coefficient (Wildman–Crippen LogP) is -4.07. The Bertz CT molecular complexity index is 4130. The van der Waals surface area contributed by atoms with Crippen molar-refractivity contribution < 1.29 is 86.9 Å². The number of H-pyrrole nitrogens is 2. The SMILES string of the molecule is CC(=O)N[C@@H](CS)C(=O)N[C@@H](CCC(N)=O)C(=O)N[C@H](C(=O)N[C@@H](Cc1c[nH]c2ccccc12)C(=O)N[C@@H](CCC(N)=O)C(=O)N[C@@H](CS)C(=O)N[C@@H](Cc1ccc(O)cc1)C(=O)N[C@@H](Cc1c[nH]c2ccccc12)C(=O)N[C@@H](CCC(C)C)C(=O)N1CCC[C@H]1C(=O)N[C@@H](CC(N)=O)C(=O)NCC(N)=O)[C@@H](C)O. The number of nitrogens with zero attached hydrogens (tertiary/aromatic N) is 1. The van der Waals surface area contributed by atoms with Crippen LogP contribution in [-0.2, 0) is 96.0 Å². The molecule has 23 N–H and O–H groups in total. The molecule has 0 saturated carbocycles. The van der Waals surface area contributed by atoms with Gasteiger partial charge in [-0.2, -0.15) is 25.3 Å². The fraction of sp³-hybridized carbons (Fsp3) is 0.465. The highest BCUT2D eigenvalue weighted by molar-refractivity contribution is 7.80. The maximum absolute atomic E-state index is 15.2. The first-order valence-electron chi connectivity index (χ1n) is 35.2. The van der Waals surface area contributed by atoms with Crippen molar-refractivity contribution in [1.29, 1.82) is 0 Å². The molecular weight excluding hydrogens is 1460 g/mol. The van der Waals surface area contributed by atoms with Gasteiger partial charge in [-0.05, 0) is 92.3 Å². The Labute approximate surface area is 637 Å². The molecule has 1 saturated heterocycles. The minimum absolute atomic E-state index is 0.0194. The van der Waals surface area contributed by atoms with Crippen molar-refractivity contribution in [3.63, 3.8) is 0 Å². The molecule has 38 heteroatoms. The third kappa shape index (κ3) is 26.6. The largest absolute Gasteiger partial charge is 0.508 e. The van der Waals surface area contributed by atoms with Gasteiger partial charge < -0.3 is 107 Å². The number of aromatic hydroxyl groups is 1. The first kappa shape index (κ1) is 86.6.